The van der Waals surface area contributed by atoms with Crippen LogP contribution in [0.2, 0.25) is 0 Å². The summed E-state index contributed by atoms with van der Waals surface area (Å²) in [5, 5.41) is 2.83. The second-order valence-corrected chi connectivity index (χ2v) is 9.52. The van der Waals surface area contributed by atoms with Crippen molar-refractivity contribution in [1.29, 1.82) is 0 Å². The Morgan fingerprint density at radius 1 is 1.35 bits per heavy atom. The summed E-state index contributed by atoms with van der Waals surface area (Å²) in [6, 6.07) is 3.07. The van der Waals surface area contributed by atoms with E-state index in [0.717, 1.165) is 12.8 Å². The summed E-state index contributed by atoms with van der Waals surface area (Å²) in [7, 11) is 0. The third-order valence-corrected chi connectivity index (χ3v) is 6.70. The summed E-state index contributed by atoms with van der Waals surface area (Å²) in [5.74, 6) is -2.94. The second kappa shape index (κ2) is 7.91. The topological polar surface area (TPSA) is 97.6 Å². The molecular formula is C22H30F2N4O3. The Kier molecular flexibility index (Phi) is 5.55. The van der Waals surface area contributed by atoms with E-state index in [9.17, 15) is 18.4 Å². The molecule has 2 unspecified atom stereocenters. The molecule has 1 saturated heterocycles. The van der Waals surface area contributed by atoms with E-state index in [2.05, 4.69) is 10.3 Å². The van der Waals surface area contributed by atoms with Crippen LogP contribution in [0.3, 0.4) is 0 Å². The van der Waals surface area contributed by atoms with Crippen molar-refractivity contribution in [3.63, 3.8) is 0 Å². The standard InChI is InChI=1S/C22H30F2N4O3/c1-13(18(25)29)9-14(2)26-19(30)16-5-6-17(20(27-16)31-10-15-3-4-15)28-8-7-21(12-28)11-22(21,23)24/h5-6,13-15H,3-4,7-12H2,1-2H3,(H2,25,29)(H,26,30)/t13?,14-,21?/m0/s1. The molecule has 2 saturated carbocycles. The number of rotatable bonds is 9. The summed E-state index contributed by atoms with van der Waals surface area (Å²) in [6.07, 6.45) is 3.01. The van der Waals surface area contributed by atoms with Gasteiger partial charge in [-0.15, -0.1) is 0 Å². The Morgan fingerprint density at radius 2 is 2.06 bits per heavy atom. The molecule has 4 rings (SSSR count). The second-order valence-electron chi connectivity index (χ2n) is 9.52. The molecule has 7 nitrogen and oxygen atoms in total. The number of nitrogens with two attached hydrogens (primary N) is 1. The van der Waals surface area contributed by atoms with Crippen LogP contribution >= 0.6 is 0 Å². The third-order valence-electron chi connectivity index (χ3n) is 6.70. The van der Waals surface area contributed by atoms with E-state index in [4.69, 9.17) is 10.5 Å². The van der Waals surface area contributed by atoms with Gasteiger partial charge in [0.1, 0.15) is 5.69 Å². The smallest absolute Gasteiger partial charge is 0.270 e. The maximum absolute atomic E-state index is 13.8. The molecule has 3 fully saturated rings. The third kappa shape index (κ3) is 4.60. The average Bonchev–Trinajstić information content (AvgIpc) is 3.56. The number of carbonyl (C=O) groups excluding carboxylic acids is 2. The number of nitrogens with zero attached hydrogens (tertiary/aromatic N) is 2. The molecule has 3 N–H and O–H groups in total. The predicted molar refractivity (Wildman–Crippen MR) is 111 cm³/mol. The van der Waals surface area contributed by atoms with Gasteiger partial charge in [0, 0.05) is 31.5 Å². The Morgan fingerprint density at radius 3 is 2.65 bits per heavy atom. The number of primary amides is 1. The van der Waals surface area contributed by atoms with E-state index in [-0.39, 0.29) is 36.5 Å². The molecular weight excluding hydrogens is 406 g/mol. The van der Waals surface area contributed by atoms with Gasteiger partial charge in [0.05, 0.1) is 17.7 Å². The normalized spacial score (nSPS) is 25.9. The zero-order valence-electron chi connectivity index (χ0n) is 18.0. The van der Waals surface area contributed by atoms with Crippen LogP contribution in [-0.2, 0) is 4.79 Å². The van der Waals surface area contributed by atoms with Gasteiger partial charge in [-0.05, 0) is 50.7 Å². The monoisotopic (exact) mass is 436 g/mol. The van der Waals surface area contributed by atoms with Crippen molar-refractivity contribution in [3.8, 4) is 5.88 Å². The lowest BCUT2D eigenvalue weighted by Gasteiger charge is -2.22. The van der Waals surface area contributed by atoms with Crippen molar-refractivity contribution >= 4 is 17.5 Å². The zero-order valence-corrected chi connectivity index (χ0v) is 18.0. The van der Waals surface area contributed by atoms with Gasteiger partial charge in [-0.3, -0.25) is 9.59 Å². The first kappa shape index (κ1) is 21.8. The molecule has 31 heavy (non-hydrogen) atoms. The van der Waals surface area contributed by atoms with Crippen LogP contribution in [-0.4, -0.2) is 48.5 Å². The fourth-order valence-electron chi connectivity index (χ4n) is 4.29. The molecule has 2 aliphatic carbocycles. The number of halogens is 2. The molecule has 1 spiro atoms. The number of aromatic nitrogens is 1. The van der Waals surface area contributed by atoms with Crippen molar-refractivity contribution in [1.82, 2.24) is 10.3 Å². The molecule has 1 aliphatic heterocycles. The molecule has 9 heteroatoms. The lowest BCUT2D eigenvalue weighted by Crippen LogP contribution is -2.36. The number of hydrogen-bond donors (Lipinski definition) is 2. The van der Waals surface area contributed by atoms with Gasteiger partial charge in [0.15, 0.2) is 0 Å². The molecule has 1 aromatic rings. The molecule has 3 aliphatic rings. The molecule has 170 valence electrons. The maximum atomic E-state index is 13.8. The average molecular weight is 437 g/mol. The van der Waals surface area contributed by atoms with Crippen LogP contribution in [0.25, 0.3) is 0 Å². The van der Waals surface area contributed by atoms with Crippen molar-refractivity contribution in [2.75, 3.05) is 24.6 Å². The predicted octanol–water partition coefficient (Wildman–Crippen LogP) is 2.74. The van der Waals surface area contributed by atoms with Gasteiger partial charge in [-0.2, -0.15) is 0 Å². The molecule has 0 bridgehead atoms. The minimum absolute atomic E-state index is 0.0652. The number of carbonyl (C=O) groups is 2. The molecule has 0 aromatic carbocycles. The van der Waals surface area contributed by atoms with Gasteiger partial charge < -0.3 is 20.7 Å². The quantitative estimate of drug-likeness (QED) is 0.620. The van der Waals surface area contributed by atoms with Gasteiger partial charge in [-0.1, -0.05) is 6.92 Å². The van der Waals surface area contributed by atoms with Crippen LogP contribution in [0.4, 0.5) is 14.5 Å². The highest BCUT2D eigenvalue weighted by Crippen LogP contribution is 2.65. The van der Waals surface area contributed by atoms with E-state index >= 15 is 0 Å². The molecule has 2 heterocycles. The van der Waals surface area contributed by atoms with Gasteiger partial charge in [0.25, 0.3) is 11.8 Å². The Labute approximate surface area is 180 Å². The first-order valence-corrected chi connectivity index (χ1v) is 11.0. The van der Waals surface area contributed by atoms with Gasteiger partial charge in [0.2, 0.25) is 11.8 Å². The van der Waals surface area contributed by atoms with Crippen LogP contribution < -0.4 is 20.7 Å². The zero-order chi connectivity index (χ0) is 22.4. The number of pyridine rings is 1. The Bertz CT molecular complexity index is 876. The van der Waals surface area contributed by atoms with E-state index in [1.165, 1.54) is 0 Å². The summed E-state index contributed by atoms with van der Waals surface area (Å²) in [5.41, 5.74) is 5.22. The van der Waals surface area contributed by atoms with E-state index in [1.54, 1.807) is 26.0 Å². The fraction of sp³-hybridized carbons (Fsp3) is 0.682. The number of nitrogens with one attached hydrogen (secondary N) is 1. The Hall–Kier alpha value is -2.45. The van der Waals surface area contributed by atoms with Crippen LogP contribution in [0.15, 0.2) is 12.1 Å². The van der Waals surface area contributed by atoms with Crippen LogP contribution in [0.1, 0.15) is 56.4 Å². The molecule has 0 radical (unpaired) electrons. The van der Waals surface area contributed by atoms with E-state index in [0.29, 0.717) is 43.5 Å². The number of amides is 2. The molecule has 2 amide bonds. The first-order valence-electron chi connectivity index (χ1n) is 11.0. The van der Waals surface area contributed by atoms with E-state index in [1.807, 2.05) is 4.90 Å². The summed E-state index contributed by atoms with van der Waals surface area (Å²) in [4.78, 5) is 30.3. The lowest BCUT2D eigenvalue weighted by molar-refractivity contribution is -0.121. The van der Waals surface area contributed by atoms with Crippen molar-refractivity contribution in [3.05, 3.63) is 17.8 Å². The molecule has 1 aromatic heterocycles. The number of hydrogen-bond acceptors (Lipinski definition) is 5. The largest absolute Gasteiger partial charge is 0.476 e. The van der Waals surface area contributed by atoms with Crippen molar-refractivity contribution in [2.24, 2.45) is 23.0 Å². The SMILES string of the molecule is CC(C[C@H](C)NC(=O)c1ccc(N2CCC3(C2)CC3(F)F)c(OCC2CC2)n1)C(N)=O. The first-order chi connectivity index (χ1) is 14.6. The number of anilines is 1. The minimum Gasteiger partial charge on any atom is -0.476 e. The van der Waals surface area contributed by atoms with Crippen molar-refractivity contribution < 1.29 is 23.1 Å². The number of alkyl halides is 2. The highest BCUT2D eigenvalue weighted by atomic mass is 19.3. The van der Waals surface area contributed by atoms with Crippen LogP contribution in [0, 0.1) is 17.3 Å². The number of ether oxygens (including phenoxy) is 1. The van der Waals surface area contributed by atoms with Gasteiger partial charge in [-0.25, -0.2) is 13.8 Å². The van der Waals surface area contributed by atoms with Crippen molar-refractivity contribution in [2.45, 2.75) is 57.9 Å². The lowest BCUT2D eigenvalue weighted by atomic mass is 10.0. The minimum atomic E-state index is -2.60. The molecule has 3 atom stereocenters. The summed E-state index contributed by atoms with van der Waals surface area (Å²) < 4.78 is 33.6. The highest BCUT2D eigenvalue weighted by Gasteiger charge is 2.72. The summed E-state index contributed by atoms with van der Waals surface area (Å²) in [6.45, 7) is 4.82. The Balaban J connectivity index is 1.47. The van der Waals surface area contributed by atoms with E-state index < -0.39 is 17.2 Å². The highest BCUT2D eigenvalue weighted by molar-refractivity contribution is 5.93. The van der Waals surface area contributed by atoms with Crippen LogP contribution in [0.5, 0.6) is 5.88 Å². The maximum Gasteiger partial charge on any atom is 0.270 e. The van der Waals surface area contributed by atoms with Gasteiger partial charge >= 0.3 is 0 Å². The summed E-state index contributed by atoms with van der Waals surface area (Å²) >= 11 is 0. The fourth-order valence-corrected chi connectivity index (χ4v) is 4.29.